The van der Waals surface area contributed by atoms with Crippen LogP contribution in [0.3, 0.4) is 0 Å². The van der Waals surface area contributed by atoms with Gasteiger partial charge in [-0.2, -0.15) is 0 Å². The first kappa shape index (κ1) is 16.5. The molecule has 1 heterocycles. The van der Waals surface area contributed by atoms with E-state index in [0.717, 1.165) is 32.5 Å². The molecule has 2 aliphatic rings. The Morgan fingerprint density at radius 2 is 2.13 bits per heavy atom. The highest BCUT2D eigenvalue weighted by Crippen LogP contribution is 2.30. The summed E-state index contributed by atoms with van der Waals surface area (Å²) in [6.07, 6.45) is 4.52. The highest BCUT2D eigenvalue weighted by Gasteiger charge is 2.35. The lowest BCUT2D eigenvalue weighted by atomic mass is 9.82. The molecule has 0 bridgehead atoms. The SMILES string of the molecule is Cc1cccc(CN2CCOCCNC(=O)[C@H]3CCCC[C@H]32)c1. The average Bonchev–Trinajstić information content (AvgIpc) is 2.56. The standard InChI is InChI=1S/C19H28N2O2/c1-15-5-4-6-16(13-15)14-21-10-12-23-11-9-20-19(22)17-7-2-3-8-18(17)21/h4-6,13,17-18H,2-3,7-12,14H2,1H3,(H,20,22)/t17-,18+/m0/s1. The van der Waals surface area contributed by atoms with Crippen LogP contribution >= 0.6 is 0 Å². The molecule has 2 fully saturated rings. The van der Waals surface area contributed by atoms with Gasteiger partial charge in [-0.15, -0.1) is 0 Å². The van der Waals surface area contributed by atoms with Gasteiger partial charge >= 0.3 is 0 Å². The molecule has 3 rings (SSSR count). The quantitative estimate of drug-likeness (QED) is 0.911. The molecule has 1 amide bonds. The molecule has 23 heavy (non-hydrogen) atoms. The first-order valence-electron chi connectivity index (χ1n) is 8.89. The zero-order chi connectivity index (χ0) is 16.1. The predicted molar refractivity (Wildman–Crippen MR) is 91.2 cm³/mol. The number of rotatable bonds is 2. The summed E-state index contributed by atoms with van der Waals surface area (Å²) in [4.78, 5) is 15.0. The first-order valence-corrected chi connectivity index (χ1v) is 8.89. The van der Waals surface area contributed by atoms with Crippen molar-refractivity contribution in [1.29, 1.82) is 0 Å². The van der Waals surface area contributed by atoms with Gasteiger partial charge in [0.1, 0.15) is 0 Å². The van der Waals surface area contributed by atoms with Gasteiger partial charge in [0.25, 0.3) is 0 Å². The fourth-order valence-corrected chi connectivity index (χ4v) is 3.92. The molecular weight excluding hydrogens is 288 g/mol. The van der Waals surface area contributed by atoms with Crippen LogP contribution in [0.5, 0.6) is 0 Å². The summed E-state index contributed by atoms with van der Waals surface area (Å²) in [5.41, 5.74) is 2.62. The molecule has 1 saturated heterocycles. The normalized spacial score (nSPS) is 27.1. The van der Waals surface area contributed by atoms with Gasteiger partial charge in [0.2, 0.25) is 5.91 Å². The lowest BCUT2D eigenvalue weighted by molar-refractivity contribution is -0.129. The summed E-state index contributed by atoms with van der Waals surface area (Å²) in [6.45, 7) is 5.93. The highest BCUT2D eigenvalue weighted by atomic mass is 16.5. The molecule has 4 heteroatoms. The summed E-state index contributed by atoms with van der Waals surface area (Å²) in [5, 5.41) is 3.05. The van der Waals surface area contributed by atoms with Crippen molar-refractivity contribution in [3.8, 4) is 0 Å². The van der Waals surface area contributed by atoms with E-state index in [9.17, 15) is 4.79 Å². The maximum atomic E-state index is 12.5. The number of fused-ring (bicyclic) bond motifs is 1. The number of ether oxygens (including phenoxy) is 1. The molecule has 1 aromatic carbocycles. The second kappa shape index (κ2) is 7.93. The van der Waals surface area contributed by atoms with Crippen LogP contribution in [0.1, 0.15) is 36.8 Å². The Kier molecular flexibility index (Phi) is 5.68. The molecule has 0 radical (unpaired) electrons. The van der Waals surface area contributed by atoms with E-state index in [4.69, 9.17) is 4.74 Å². The third kappa shape index (κ3) is 4.33. The van der Waals surface area contributed by atoms with E-state index in [2.05, 4.69) is 41.4 Å². The van der Waals surface area contributed by atoms with Crippen molar-refractivity contribution in [3.63, 3.8) is 0 Å². The van der Waals surface area contributed by atoms with Crippen molar-refractivity contribution in [1.82, 2.24) is 10.2 Å². The second-order valence-corrected chi connectivity index (χ2v) is 6.82. The molecule has 0 aromatic heterocycles. The summed E-state index contributed by atoms with van der Waals surface area (Å²) < 4.78 is 5.67. The smallest absolute Gasteiger partial charge is 0.224 e. The first-order chi connectivity index (χ1) is 11.2. The molecule has 0 unspecified atom stereocenters. The Morgan fingerprint density at radius 3 is 3.00 bits per heavy atom. The molecule has 1 saturated carbocycles. The Hall–Kier alpha value is -1.39. The summed E-state index contributed by atoms with van der Waals surface area (Å²) >= 11 is 0. The number of carbonyl (C=O) groups excluding carboxylic acids is 1. The summed E-state index contributed by atoms with van der Waals surface area (Å²) in [6, 6.07) is 9.02. The molecule has 126 valence electrons. The van der Waals surface area contributed by atoms with Crippen LogP contribution in [0.25, 0.3) is 0 Å². The van der Waals surface area contributed by atoms with Gasteiger partial charge in [-0.05, 0) is 25.3 Å². The predicted octanol–water partition coefficient (Wildman–Crippen LogP) is 2.50. The number of hydrogen-bond donors (Lipinski definition) is 1. The lowest BCUT2D eigenvalue weighted by Gasteiger charge is -2.40. The maximum absolute atomic E-state index is 12.5. The second-order valence-electron chi connectivity index (χ2n) is 6.82. The minimum absolute atomic E-state index is 0.131. The van der Waals surface area contributed by atoms with E-state index in [-0.39, 0.29) is 11.8 Å². The van der Waals surface area contributed by atoms with Gasteiger partial charge in [0, 0.05) is 25.7 Å². The number of hydrogen-bond acceptors (Lipinski definition) is 3. The highest BCUT2D eigenvalue weighted by molar-refractivity contribution is 5.79. The maximum Gasteiger partial charge on any atom is 0.224 e. The van der Waals surface area contributed by atoms with Gasteiger partial charge in [0.15, 0.2) is 0 Å². The van der Waals surface area contributed by atoms with Gasteiger partial charge in [-0.25, -0.2) is 0 Å². The van der Waals surface area contributed by atoms with E-state index < -0.39 is 0 Å². The minimum atomic E-state index is 0.131. The topological polar surface area (TPSA) is 41.6 Å². The Morgan fingerprint density at radius 1 is 1.26 bits per heavy atom. The van der Waals surface area contributed by atoms with Crippen LogP contribution in [-0.4, -0.2) is 43.2 Å². The number of nitrogens with one attached hydrogen (secondary N) is 1. The number of nitrogens with zero attached hydrogens (tertiary/aromatic N) is 1. The number of benzene rings is 1. The monoisotopic (exact) mass is 316 g/mol. The van der Waals surface area contributed by atoms with Gasteiger partial charge in [-0.3, -0.25) is 9.69 Å². The van der Waals surface area contributed by atoms with Gasteiger partial charge < -0.3 is 10.1 Å². The fourth-order valence-electron chi connectivity index (χ4n) is 3.92. The van der Waals surface area contributed by atoms with Gasteiger partial charge in [-0.1, -0.05) is 42.7 Å². The lowest BCUT2D eigenvalue weighted by Crippen LogP contribution is -2.50. The zero-order valence-electron chi connectivity index (χ0n) is 14.1. The third-order valence-corrected chi connectivity index (χ3v) is 5.07. The van der Waals surface area contributed by atoms with Crippen molar-refractivity contribution in [2.75, 3.05) is 26.3 Å². The number of amides is 1. The molecule has 1 N–H and O–H groups in total. The minimum Gasteiger partial charge on any atom is -0.378 e. The van der Waals surface area contributed by atoms with Crippen molar-refractivity contribution in [2.24, 2.45) is 5.92 Å². The zero-order valence-corrected chi connectivity index (χ0v) is 14.1. The molecular formula is C19H28N2O2. The van der Waals surface area contributed by atoms with Crippen LogP contribution in [0.2, 0.25) is 0 Å². The largest absolute Gasteiger partial charge is 0.378 e. The van der Waals surface area contributed by atoms with Crippen LogP contribution in [0, 0.1) is 12.8 Å². The van der Waals surface area contributed by atoms with E-state index in [1.807, 2.05) is 0 Å². The van der Waals surface area contributed by atoms with E-state index >= 15 is 0 Å². The van der Waals surface area contributed by atoms with Crippen molar-refractivity contribution in [3.05, 3.63) is 35.4 Å². The average molecular weight is 316 g/mol. The van der Waals surface area contributed by atoms with Crippen LogP contribution < -0.4 is 5.32 Å². The molecule has 2 atom stereocenters. The molecule has 0 spiro atoms. The van der Waals surface area contributed by atoms with Crippen LogP contribution in [0.15, 0.2) is 24.3 Å². The van der Waals surface area contributed by atoms with E-state index in [1.165, 1.54) is 24.0 Å². The Balaban J connectivity index is 1.79. The van der Waals surface area contributed by atoms with Crippen molar-refractivity contribution >= 4 is 5.91 Å². The molecule has 1 aromatic rings. The number of aryl methyl sites for hydroxylation is 1. The Labute approximate surface area is 139 Å². The number of carbonyl (C=O) groups is 1. The molecule has 1 aliphatic heterocycles. The van der Waals surface area contributed by atoms with Crippen LogP contribution in [-0.2, 0) is 16.1 Å². The third-order valence-electron chi connectivity index (χ3n) is 5.07. The summed E-state index contributed by atoms with van der Waals surface area (Å²) in [5.74, 6) is 0.348. The van der Waals surface area contributed by atoms with Gasteiger partial charge in [0.05, 0.1) is 19.1 Å². The van der Waals surface area contributed by atoms with E-state index in [1.54, 1.807) is 0 Å². The van der Waals surface area contributed by atoms with Crippen LogP contribution in [0.4, 0.5) is 0 Å². The van der Waals surface area contributed by atoms with Crippen molar-refractivity contribution in [2.45, 2.75) is 45.2 Å². The van der Waals surface area contributed by atoms with Crippen molar-refractivity contribution < 1.29 is 9.53 Å². The fraction of sp³-hybridized carbons (Fsp3) is 0.632. The van der Waals surface area contributed by atoms with E-state index in [0.29, 0.717) is 19.2 Å². The molecule has 4 nitrogen and oxygen atoms in total. The Bertz CT molecular complexity index is 532. The molecule has 1 aliphatic carbocycles. The summed E-state index contributed by atoms with van der Waals surface area (Å²) in [7, 11) is 0.